The molecule has 0 aromatic carbocycles. The smallest absolute Gasteiger partial charge is 0.105 e. The second-order valence-electron chi connectivity index (χ2n) is 3.90. The average Bonchev–Trinajstić information content (AvgIpc) is 2.26. The molecule has 0 aliphatic carbocycles. The van der Waals surface area contributed by atoms with Crippen LogP contribution in [-0.4, -0.2) is 6.61 Å². The molecule has 0 aliphatic heterocycles. The summed E-state index contributed by atoms with van der Waals surface area (Å²) in [5.41, 5.74) is 0. The van der Waals surface area contributed by atoms with Crippen molar-refractivity contribution in [2.45, 2.75) is 58.3 Å². The lowest BCUT2D eigenvalue weighted by Gasteiger charge is -1.99. The van der Waals surface area contributed by atoms with E-state index in [1.807, 2.05) is 0 Å². The Bertz CT molecular complexity index is 149. The van der Waals surface area contributed by atoms with Gasteiger partial charge in [-0.2, -0.15) is 0 Å². The van der Waals surface area contributed by atoms with Crippen LogP contribution in [0.1, 0.15) is 58.3 Å². The quantitative estimate of drug-likeness (QED) is 0.269. The van der Waals surface area contributed by atoms with E-state index in [1.165, 1.54) is 44.9 Å². The van der Waals surface area contributed by atoms with Crippen molar-refractivity contribution in [2.75, 3.05) is 6.61 Å². The molecular formula is C14H26O. The van der Waals surface area contributed by atoms with Gasteiger partial charge in [0, 0.05) is 0 Å². The fourth-order valence-electron chi connectivity index (χ4n) is 1.48. The first-order valence-electron chi connectivity index (χ1n) is 6.29. The number of unbranched alkanes of at least 4 members (excludes halogenated alkanes) is 7. The number of hydrogen-bond acceptors (Lipinski definition) is 1. The summed E-state index contributed by atoms with van der Waals surface area (Å²) < 4.78 is 5.14. The molecule has 0 aromatic rings. The summed E-state index contributed by atoms with van der Waals surface area (Å²) in [5.74, 6) is 0. The molecule has 0 saturated carbocycles. The predicted octanol–water partition coefficient (Wildman–Crippen LogP) is 4.84. The van der Waals surface area contributed by atoms with Crippen molar-refractivity contribution in [3.8, 4) is 0 Å². The average molecular weight is 210 g/mol. The third-order valence-electron chi connectivity index (χ3n) is 2.38. The minimum Gasteiger partial charge on any atom is -0.497 e. The maximum atomic E-state index is 5.14. The number of hydrogen-bond donors (Lipinski definition) is 0. The van der Waals surface area contributed by atoms with Gasteiger partial charge in [-0.1, -0.05) is 58.1 Å². The van der Waals surface area contributed by atoms with Gasteiger partial charge in [0.1, 0.15) is 6.61 Å². The van der Waals surface area contributed by atoms with Gasteiger partial charge in [-0.25, -0.2) is 0 Å². The molecule has 1 nitrogen and oxygen atoms in total. The first-order valence-corrected chi connectivity index (χ1v) is 6.29. The Morgan fingerprint density at radius 1 is 1.00 bits per heavy atom. The number of allylic oxidation sites excluding steroid dienone is 1. The number of ether oxygens (including phenoxy) is 1. The van der Waals surface area contributed by atoms with E-state index in [1.54, 1.807) is 12.3 Å². The van der Waals surface area contributed by atoms with E-state index in [4.69, 9.17) is 4.74 Å². The van der Waals surface area contributed by atoms with E-state index in [0.717, 1.165) is 6.42 Å². The zero-order valence-electron chi connectivity index (χ0n) is 10.2. The highest BCUT2D eigenvalue weighted by molar-refractivity contribution is 4.75. The van der Waals surface area contributed by atoms with Gasteiger partial charge >= 0.3 is 0 Å². The molecule has 0 N–H and O–H groups in total. The zero-order valence-corrected chi connectivity index (χ0v) is 10.2. The Morgan fingerprint density at radius 2 is 1.67 bits per heavy atom. The minimum atomic E-state index is 0.619. The molecule has 88 valence electrons. The lowest BCUT2D eigenvalue weighted by Crippen LogP contribution is -1.80. The molecule has 0 amide bonds. The molecule has 0 aromatic heterocycles. The highest BCUT2D eigenvalue weighted by Crippen LogP contribution is 2.08. The summed E-state index contributed by atoms with van der Waals surface area (Å²) in [6, 6.07) is 0. The lowest BCUT2D eigenvalue weighted by atomic mass is 10.1. The van der Waals surface area contributed by atoms with Crippen molar-refractivity contribution in [2.24, 2.45) is 0 Å². The van der Waals surface area contributed by atoms with Gasteiger partial charge in [0.05, 0.1) is 6.26 Å². The topological polar surface area (TPSA) is 9.23 Å². The van der Waals surface area contributed by atoms with Crippen molar-refractivity contribution in [1.29, 1.82) is 0 Å². The van der Waals surface area contributed by atoms with Crippen LogP contribution in [0.2, 0.25) is 0 Å². The molecule has 0 fully saturated rings. The zero-order chi connectivity index (χ0) is 11.2. The molecule has 0 spiro atoms. The van der Waals surface area contributed by atoms with Crippen LogP contribution in [0.4, 0.5) is 0 Å². The summed E-state index contributed by atoms with van der Waals surface area (Å²) in [6.45, 7) is 6.46. The Balaban J connectivity index is 2.97. The molecule has 1 heteroatoms. The van der Waals surface area contributed by atoms with E-state index in [9.17, 15) is 0 Å². The lowest BCUT2D eigenvalue weighted by molar-refractivity contribution is 0.288. The van der Waals surface area contributed by atoms with Crippen molar-refractivity contribution in [3.63, 3.8) is 0 Å². The molecule has 0 bridgehead atoms. The maximum Gasteiger partial charge on any atom is 0.105 e. The molecule has 0 aliphatic rings. The normalized spacial score (nSPS) is 10.7. The van der Waals surface area contributed by atoms with Crippen LogP contribution in [0.15, 0.2) is 25.0 Å². The summed E-state index contributed by atoms with van der Waals surface area (Å²) in [4.78, 5) is 0. The second-order valence-corrected chi connectivity index (χ2v) is 3.90. The fraction of sp³-hybridized carbons (Fsp3) is 0.714. The van der Waals surface area contributed by atoms with E-state index in [2.05, 4.69) is 19.6 Å². The SMILES string of the molecule is C=CCOC=CCCCCCCCCC. The van der Waals surface area contributed by atoms with Crippen molar-refractivity contribution >= 4 is 0 Å². The van der Waals surface area contributed by atoms with Gasteiger partial charge in [-0.05, 0) is 18.9 Å². The molecule has 0 saturated heterocycles. The van der Waals surface area contributed by atoms with Crippen LogP contribution >= 0.6 is 0 Å². The second kappa shape index (κ2) is 13.3. The van der Waals surface area contributed by atoms with E-state index in [-0.39, 0.29) is 0 Å². The molecule has 0 radical (unpaired) electrons. The third-order valence-corrected chi connectivity index (χ3v) is 2.38. The van der Waals surface area contributed by atoms with Gasteiger partial charge in [-0.3, -0.25) is 0 Å². The molecule has 0 heterocycles. The molecular weight excluding hydrogens is 184 g/mol. The monoisotopic (exact) mass is 210 g/mol. The van der Waals surface area contributed by atoms with Crippen LogP contribution in [0.25, 0.3) is 0 Å². The molecule has 0 atom stereocenters. The third kappa shape index (κ3) is 13.3. The standard InChI is InChI=1S/C14H26O/c1-3-5-6-7-8-9-10-11-12-14-15-13-4-2/h4,12,14H,2-3,5-11,13H2,1H3. The summed E-state index contributed by atoms with van der Waals surface area (Å²) in [5, 5.41) is 0. The first kappa shape index (κ1) is 14.3. The minimum absolute atomic E-state index is 0.619. The highest BCUT2D eigenvalue weighted by atomic mass is 16.5. The van der Waals surface area contributed by atoms with Gasteiger partial charge < -0.3 is 4.74 Å². The van der Waals surface area contributed by atoms with Gasteiger partial charge in [0.25, 0.3) is 0 Å². The van der Waals surface area contributed by atoms with Crippen molar-refractivity contribution < 1.29 is 4.74 Å². The Labute approximate surface area is 95.2 Å². The van der Waals surface area contributed by atoms with Gasteiger partial charge in [0.15, 0.2) is 0 Å². The van der Waals surface area contributed by atoms with E-state index in [0.29, 0.717) is 6.61 Å². The van der Waals surface area contributed by atoms with Crippen LogP contribution in [0, 0.1) is 0 Å². The molecule has 15 heavy (non-hydrogen) atoms. The Hall–Kier alpha value is -0.720. The fourth-order valence-corrected chi connectivity index (χ4v) is 1.48. The van der Waals surface area contributed by atoms with Crippen LogP contribution in [0.5, 0.6) is 0 Å². The Morgan fingerprint density at radius 3 is 2.33 bits per heavy atom. The van der Waals surface area contributed by atoms with Crippen LogP contribution in [-0.2, 0) is 4.74 Å². The van der Waals surface area contributed by atoms with E-state index < -0.39 is 0 Å². The number of rotatable bonds is 11. The predicted molar refractivity (Wildman–Crippen MR) is 67.9 cm³/mol. The largest absolute Gasteiger partial charge is 0.497 e. The summed E-state index contributed by atoms with van der Waals surface area (Å²) in [6.07, 6.45) is 16.4. The Kier molecular flexibility index (Phi) is 12.6. The highest BCUT2D eigenvalue weighted by Gasteiger charge is 1.89. The van der Waals surface area contributed by atoms with Gasteiger partial charge in [0.2, 0.25) is 0 Å². The molecule has 0 unspecified atom stereocenters. The summed E-state index contributed by atoms with van der Waals surface area (Å²) in [7, 11) is 0. The van der Waals surface area contributed by atoms with Crippen LogP contribution in [0.3, 0.4) is 0 Å². The molecule has 0 rings (SSSR count). The summed E-state index contributed by atoms with van der Waals surface area (Å²) >= 11 is 0. The van der Waals surface area contributed by atoms with E-state index >= 15 is 0 Å². The van der Waals surface area contributed by atoms with Crippen molar-refractivity contribution in [1.82, 2.24) is 0 Å². The van der Waals surface area contributed by atoms with Crippen LogP contribution < -0.4 is 0 Å². The van der Waals surface area contributed by atoms with Gasteiger partial charge in [-0.15, -0.1) is 0 Å². The van der Waals surface area contributed by atoms with Crippen molar-refractivity contribution in [3.05, 3.63) is 25.0 Å². The first-order chi connectivity index (χ1) is 7.41. The maximum absolute atomic E-state index is 5.14.